The van der Waals surface area contributed by atoms with Crippen molar-refractivity contribution < 1.29 is 18.6 Å². The first-order chi connectivity index (χ1) is 9.73. The summed E-state index contributed by atoms with van der Waals surface area (Å²) in [4.78, 5) is -0.0519. The monoisotopic (exact) mass is 307 g/mol. The molecule has 112 valence electrons. The van der Waals surface area contributed by atoms with Crippen LogP contribution in [0, 0.1) is 0 Å². The van der Waals surface area contributed by atoms with E-state index in [1.165, 1.54) is 37.3 Å². The molecule has 0 aliphatic rings. The van der Waals surface area contributed by atoms with Crippen LogP contribution in [-0.4, -0.2) is 18.6 Å². The highest BCUT2D eigenvalue weighted by Gasteiger charge is 2.20. The predicted octanol–water partition coefficient (Wildman–Crippen LogP) is 2.83. The number of nitrogens with two attached hydrogens (primary N) is 1. The van der Waals surface area contributed by atoms with Gasteiger partial charge in [-0.25, -0.2) is 8.42 Å². The van der Waals surface area contributed by atoms with Crippen LogP contribution in [0.15, 0.2) is 63.8 Å². The van der Waals surface area contributed by atoms with Crippen LogP contribution >= 0.6 is 0 Å². The molecule has 0 fully saturated rings. The molecule has 6 heteroatoms. The van der Waals surface area contributed by atoms with Gasteiger partial charge in [0.1, 0.15) is 5.75 Å². The van der Waals surface area contributed by atoms with Crippen LogP contribution in [-0.2, 0) is 9.84 Å². The van der Waals surface area contributed by atoms with Gasteiger partial charge in [0, 0.05) is 5.57 Å². The molecule has 0 radical (unpaired) electrons. The Balaban J connectivity index is 3.40. The average molecular weight is 307 g/mol. The molecule has 0 heterocycles. The second-order valence-corrected chi connectivity index (χ2v) is 6.22. The Bertz CT molecular complexity index is 767. The van der Waals surface area contributed by atoms with Crippen molar-refractivity contribution in [2.75, 3.05) is 5.73 Å². The van der Waals surface area contributed by atoms with Crippen molar-refractivity contribution in [3.05, 3.63) is 58.9 Å². The molecule has 5 nitrogen and oxygen atoms in total. The number of allylic oxidation sites excluding steroid dienone is 3. The van der Waals surface area contributed by atoms with Gasteiger partial charge in [-0.3, -0.25) is 0 Å². The Morgan fingerprint density at radius 3 is 2.52 bits per heavy atom. The smallest absolute Gasteiger partial charge is 0.206 e. The summed E-state index contributed by atoms with van der Waals surface area (Å²) >= 11 is 0. The minimum Gasteiger partial charge on any atom is -0.506 e. The molecule has 0 saturated carbocycles. The third-order valence-corrected chi connectivity index (χ3v) is 4.65. The van der Waals surface area contributed by atoms with E-state index in [2.05, 4.69) is 12.3 Å². The van der Waals surface area contributed by atoms with E-state index in [0.717, 1.165) is 0 Å². The summed E-state index contributed by atoms with van der Waals surface area (Å²) in [6.45, 7) is 6.39. The van der Waals surface area contributed by atoms with Gasteiger partial charge in [0.2, 0.25) is 9.84 Å². The number of aliphatic hydroxyl groups is 1. The third-order valence-electron chi connectivity index (χ3n) is 2.80. The minimum absolute atomic E-state index is 0.00751. The number of rotatable bonds is 4. The molecule has 0 amide bonds. The fourth-order valence-electron chi connectivity index (χ4n) is 1.57. The van der Waals surface area contributed by atoms with Crippen LogP contribution in [0.25, 0.3) is 0 Å². The Kier molecular flexibility index (Phi) is 5.02. The van der Waals surface area contributed by atoms with E-state index in [9.17, 15) is 18.6 Å². The number of phenolic OH excluding ortho intramolecular Hbond substituents is 1. The van der Waals surface area contributed by atoms with Crippen LogP contribution < -0.4 is 5.73 Å². The van der Waals surface area contributed by atoms with Crippen molar-refractivity contribution in [3.63, 3.8) is 0 Å². The average Bonchev–Trinajstić information content (AvgIpc) is 2.45. The van der Waals surface area contributed by atoms with E-state index >= 15 is 0 Å². The standard InChI is InChI=1S/C15H17NO4S/c1-4-11(8-10(3)14(17)5-2)21(19,20)12-6-7-15(18)13(16)9-12/h4,6-9,17-18H,2,16H2,1,3H3/b10-8-,11-4+. The zero-order chi connectivity index (χ0) is 16.2. The zero-order valence-electron chi connectivity index (χ0n) is 11.8. The second-order valence-electron chi connectivity index (χ2n) is 4.27. The SMILES string of the molecule is C=C=C(O)/C(C)=C\C(=C/C)S(=O)(=O)c1ccc(O)c(N)c1. The lowest BCUT2D eigenvalue weighted by Gasteiger charge is -2.08. The van der Waals surface area contributed by atoms with Crippen molar-refractivity contribution >= 4 is 15.5 Å². The third kappa shape index (κ3) is 3.56. The molecule has 4 N–H and O–H groups in total. The second kappa shape index (κ2) is 6.35. The van der Waals surface area contributed by atoms with Crippen LogP contribution in [0.1, 0.15) is 13.8 Å². The number of aromatic hydroxyl groups is 1. The van der Waals surface area contributed by atoms with E-state index in [1.807, 2.05) is 0 Å². The highest BCUT2D eigenvalue weighted by atomic mass is 32.2. The van der Waals surface area contributed by atoms with Gasteiger partial charge >= 0.3 is 0 Å². The molecule has 1 aromatic carbocycles. The highest BCUT2D eigenvalue weighted by Crippen LogP contribution is 2.28. The van der Waals surface area contributed by atoms with Gasteiger partial charge in [0.15, 0.2) is 5.76 Å². The fourth-order valence-corrected chi connectivity index (χ4v) is 3.02. The summed E-state index contributed by atoms with van der Waals surface area (Å²) in [7, 11) is -3.81. The zero-order valence-corrected chi connectivity index (χ0v) is 12.6. The summed E-state index contributed by atoms with van der Waals surface area (Å²) in [5.41, 5.74) is 8.09. The number of sulfone groups is 1. The maximum absolute atomic E-state index is 12.5. The lowest BCUT2D eigenvalue weighted by molar-refractivity contribution is 0.425. The van der Waals surface area contributed by atoms with Crippen LogP contribution in [0.5, 0.6) is 5.75 Å². The van der Waals surface area contributed by atoms with Crippen molar-refractivity contribution in [2.24, 2.45) is 0 Å². The summed E-state index contributed by atoms with van der Waals surface area (Å²) in [5.74, 6) is -0.412. The van der Waals surface area contributed by atoms with Crippen molar-refractivity contribution in [1.82, 2.24) is 0 Å². The highest BCUT2D eigenvalue weighted by molar-refractivity contribution is 7.95. The van der Waals surface area contributed by atoms with Crippen molar-refractivity contribution in [1.29, 1.82) is 0 Å². The lowest BCUT2D eigenvalue weighted by atomic mass is 10.2. The van der Waals surface area contributed by atoms with Crippen LogP contribution in [0.3, 0.4) is 0 Å². The lowest BCUT2D eigenvalue weighted by Crippen LogP contribution is -2.05. The van der Waals surface area contributed by atoms with Crippen LogP contribution in [0.4, 0.5) is 5.69 Å². The fraction of sp³-hybridized carbons (Fsp3) is 0.133. The normalized spacial score (nSPS) is 12.9. The van der Waals surface area contributed by atoms with E-state index in [0.29, 0.717) is 5.57 Å². The summed E-state index contributed by atoms with van der Waals surface area (Å²) in [6, 6.07) is 3.66. The largest absolute Gasteiger partial charge is 0.506 e. The molecule has 0 aliphatic carbocycles. The van der Waals surface area contributed by atoms with Gasteiger partial charge in [0.25, 0.3) is 0 Å². The van der Waals surface area contributed by atoms with Gasteiger partial charge in [-0.05, 0) is 38.1 Å². The van der Waals surface area contributed by atoms with Crippen molar-refractivity contribution in [2.45, 2.75) is 18.7 Å². The molecule has 0 bridgehead atoms. The number of nitrogen functional groups attached to an aromatic ring is 1. The first-order valence-corrected chi connectivity index (χ1v) is 7.50. The summed E-state index contributed by atoms with van der Waals surface area (Å²) in [6.07, 6.45) is 2.71. The Morgan fingerprint density at radius 2 is 2.05 bits per heavy atom. The van der Waals surface area contributed by atoms with E-state index in [1.54, 1.807) is 6.92 Å². The summed E-state index contributed by atoms with van der Waals surface area (Å²) in [5, 5.41) is 18.8. The number of benzene rings is 1. The Labute approximate surface area is 124 Å². The number of phenols is 1. The van der Waals surface area contributed by atoms with Gasteiger partial charge in [-0.1, -0.05) is 18.4 Å². The molecule has 0 unspecified atom stereocenters. The molecule has 21 heavy (non-hydrogen) atoms. The van der Waals surface area contributed by atoms with E-state index in [-0.39, 0.29) is 27.0 Å². The molecule has 0 saturated heterocycles. The molecular weight excluding hydrogens is 290 g/mol. The van der Waals surface area contributed by atoms with Crippen LogP contribution in [0.2, 0.25) is 0 Å². The maximum Gasteiger partial charge on any atom is 0.206 e. The molecule has 1 aromatic rings. The molecule has 0 atom stereocenters. The first kappa shape index (κ1) is 16.6. The minimum atomic E-state index is -3.81. The van der Waals surface area contributed by atoms with Gasteiger partial charge in [0.05, 0.1) is 15.5 Å². The molecule has 0 spiro atoms. The Morgan fingerprint density at radius 1 is 1.43 bits per heavy atom. The number of hydrogen-bond donors (Lipinski definition) is 3. The molecule has 1 rings (SSSR count). The van der Waals surface area contributed by atoms with E-state index in [4.69, 9.17) is 5.73 Å². The number of anilines is 1. The topological polar surface area (TPSA) is 101 Å². The Hall–Kier alpha value is -2.43. The predicted molar refractivity (Wildman–Crippen MR) is 82.5 cm³/mol. The van der Waals surface area contributed by atoms with Gasteiger partial charge in [-0.2, -0.15) is 0 Å². The quantitative estimate of drug-likeness (QED) is 0.261. The van der Waals surface area contributed by atoms with Gasteiger partial charge in [-0.15, -0.1) is 0 Å². The van der Waals surface area contributed by atoms with Gasteiger partial charge < -0.3 is 15.9 Å². The molecule has 0 aliphatic heterocycles. The molecule has 0 aromatic heterocycles. The number of hydrogen-bond acceptors (Lipinski definition) is 5. The maximum atomic E-state index is 12.5. The number of aliphatic hydroxyl groups excluding tert-OH is 1. The van der Waals surface area contributed by atoms with E-state index < -0.39 is 9.84 Å². The molecular formula is C15H17NO4S. The summed E-state index contributed by atoms with van der Waals surface area (Å²) < 4.78 is 25.0. The first-order valence-electron chi connectivity index (χ1n) is 6.01. The van der Waals surface area contributed by atoms with Crippen molar-refractivity contribution in [3.8, 4) is 5.75 Å².